The SMILES string of the molecule is C=C(/N=C(/N)c1cc(O)c(ON=[N+]=[N-])cc1C)N1CCN(C(C)=O)C2CCCCC21. The maximum absolute atomic E-state index is 12.0. The number of aliphatic imine (C=N–C) groups is 1. The zero-order valence-corrected chi connectivity index (χ0v) is 17.3. The van der Waals surface area contributed by atoms with Crippen molar-refractivity contribution < 1.29 is 14.7 Å². The van der Waals surface area contributed by atoms with Crippen molar-refractivity contribution in [2.24, 2.45) is 16.0 Å². The number of hydrogen-bond acceptors (Lipinski definition) is 6. The molecule has 2 atom stereocenters. The first kappa shape index (κ1) is 21.3. The smallest absolute Gasteiger partial charge is 0.219 e. The van der Waals surface area contributed by atoms with E-state index in [1.165, 1.54) is 12.1 Å². The Labute approximate surface area is 175 Å². The van der Waals surface area contributed by atoms with Gasteiger partial charge < -0.3 is 25.5 Å². The number of carbonyl (C=O) groups is 1. The maximum atomic E-state index is 12.0. The van der Waals surface area contributed by atoms with Crippen LogP contribution in [0.5, 0.6) is 11.5 Å². The summed E-state index contributed by atoms with van der Waals surface area (Å²) < 4.78 is 0. The number of amidine groups is 1. The number of amides is 1. The number of carbonyl (C=O) groups excluding carboxylic acids is 1. The lowest BCUT2D eigenvalue weighted by atomic mass is 9.86. The van der Waals surface area contributed by atoms with E-state index >= 15 is 0 Å². The van der Waals surface area contributed by atoms with Crippen LogP contribution in [0, 0.1) is 6.92 Å². The normalized spacial score (nSPS) is 21.5. The van der Waals surface area contributed by atoms with Crippen LogP contribution in [-0.4, -0.2) is 51.8 Å². The molecule has 0 radical (unpaired) electrons. The summed E-state index contributed by atoms with van der Waals surface area (Å²) in [6.45, 7) is 8.82. The van der Waals surface area contributed by atoms with Crippen molar-refractivity contribution in [2.75, 3.05) is 13.1 Å². The van der Waals surface area contributed by atoms with Gasteiger partial charge in [0.05, 0.1) is 12.1 Å². The van der Waals surface area contributed by atoms with Crippen LogP contribution in [0.4, 0.5) is 0 Å². The molecule has 1 saturated carbocycles. The molecule has 0 bridgehead atoms. The highest BCUT2D eigenvalue weighted by atomic mass is 16.6. The van der Waals surface area contributed by atoms with E-state index in [-0.39, 0.29) is 35.3 Å². The molecule has 1 aliphatic heterocycles. The van der Waals surface area contributed by atoms with Gasteiger partial charge in [-0.2, -0.15) is 0 Å². The van der Waals surface area contributed by atoms with E-state index in [9.17, 15) is 9.90 Å². The second-order valence-corrected chi connectivity index (χ2v) is 7.64. The molecule has 3 N–H and O–H groups in total. The fourth-order valence-corrected chi connectivity index (χ4v) is 4.42. The first-order chi connectivity index (χ1) is 14.3. The number of rotatable bonds is 5. The Morgan fingerprint density at radius 2 is 1.93 bits per heavy atom. The maximum Gasteiger partial charge on any atom is 0.219 e. The van der Waals surface area contributed by atoms with Crippen molar-refractivity contribution in [1.29, 1.82) is 0 Å². The molecule has 0 spiro atoms. The average molecular weight is 413 g/mol. The molecule has 1 aromatic rings. The molecule has 1 saturated heterocycles. The van der Waals surface area contributed by atoms with Crippen LogP contribution in [0.1, 0.15) is 43.7 Å². The van der Waals surface area contributed by atoms with Crippen LogP contribution in [0.2, 0.25) is 0 Å². The summed E-state index contributed by atoms with van der Waals surface area (Å²) in [5.41, 5.74) is 15.8. The molecule has 1 amide bonds. The van der Waals surface area contributed by atoms with Gasteiger partial charge in [0.15, 0.2) is 11.5 Å². The summed E-state index contributed by atoms with van der Waals surface area (Å²) in [4.78, 5) is 27.9. The highest BCUT2D eigenvalue weighted by Crippen LogP contribution is 2.33. The van der Waals surface area contributed by atoms with Crippen LogP contribution < -0.4 is 10.6 Å². The zero-order chi connectivity index (χ0) is 21.8. The lowest BCUT2D eigenvalue weighted by molar-refractivity contribution is -0.136. The Morgan fingerprint density at radius 3 is 2.57 bits per heavy atom. The predicted octanol–water partition coefficient (Wildman–Crippen LogP) is 2.96. The van der Waals surface area contributed by atoms with E-state index in [0.717, 1.165) is 25.7 Å². The Balaban J connectivity index is 1.82. The molecular weight excluding hydrogens is 386 g/mol. The van der Waals surface area contributed by atoms with E-state index in [1.54, 1.807) is 13.8 Å². The Kier molecular flexibility index (Phi) is 6.37. The summed E-state index contributed by atoms with van der Waals surface area (Å²) >= 11 is 0. The number of nitrogens with two attached hydrogens (primary N) is 1. The number of aromatic hydroxyl groups is 1. The van der Waals surface area contributed by atoms with Crippen molar-refractivity contribution >= 4 is 11.7 Å². The van der Waals surface area contributed by atoms with Gasteiger partial charge in [-0.25, -0.2) is 4.99 Å². The summed E-state index contributed by atoms with van der Waals surface area (Å²) in [5, 5.41) is 13.1. The average Bonchev–Trinajstić information content (AvgIpc) is 2.72. The monoisotopic (exact) mass is 413 g/mol. The van der Waals surface area contributed by atoms with Gasteiger partial charge in [-0.05, 0) is 43.0 Å². The van der Waals surface area contributed by atoms with Crippen molar-refractivity contribution in [3.63, 3.8) is 0 Å². The quantitative estimate of drug-likeness (QED) is 0.191. The third-order valence-electron chi connectivity index (χ3n) is 5.82. The minimum atomic E-state index is -0.214. The fraction of sp³-hybridized carbons (Fsp3) is 0.500. The van der Waals surface area contributed by atoms with Gasteiger partial charge in [-0.1, -0.05) is 19.4 Å². The first-order valence-electron chi connectivity index (χ1n) is 9.95. The van der Waals surface area contributed by atoms with Crippen LogP contribution >= 0.6 is 0 Å². The predicted molar refractivity (Wildman–Crippen MR) is 113 cm³/mol. The first-order valence-corrected chi connectivity index (χ1v) is 9.95. The second-order valence-electron chi connectivity index (χ2n) is 7.64. The largest absolute Gasteiger partial charge is 0.504 e. The molecule has 2 fully saturated rings. The van der Waals surface area contributed by atoms with Crippen LogP contribution in [-0.2, 0) is 4.79 Å². The van der Waals surface area contributed by atoms with Crippen molar-refractivity contribution in [3.05, 3.63) is 46.1 Å². The van der Waals surface area contributed by atoms with Crippen molar-refractivity contribution in [3.8, 4) is 11.5 Å². The van der Waals surface area contributed by atoms with Gasteiger partial charge >= 0.3 is 0 Å². The summed E-state index contributed by atoms with van der Waals surface area (Å²) in [6, 6.07) is 3.28. The molecule has 1 aromatic carbocycles. The number of piperazine rings is 1. The van der Waals surface area contributed by atoms with Crippen molar-refractivity contribution in [2.45, 2.75) is 51.6 Å². The van der Waals surface area contributed by atoms with Gasteiger partial charge in [0.25, 0.3) is 0 Å². The minimum absolute atomic E-state index is 0.0334. The van der Waals surface area contributed by atoms with Crippen LogP contribution in [0.3, 0.4) is 0 Å². The number of phenols is 1. The van der Waals surface area contributed by atoms with E-state index in [1.807, 2.05) is 4.90 Å². The number of azide groups is 1. The number of phenolic OH excluding ortho intramolecular Hbond substituents is 1. The molecule has 30 heavy (non-hydrogen) atoms. The topological polar surface area (TPSA) is 140 Å². The molecular formula is C20H27N7O3. The van der Waals surface area contributed by atoms with Gasteiger partial charge in [-0.15, -0.1) is 0 Å². The number of hydrogen-bond donors (Lipinski definition) is 2. The Hall–Kier alpha value is -3.39. The van der Waals surface area contributed by atoms with E-state index in [0.29, 0.717) is 30.0 Å². The lowest BCUT2D eigenvalue weighted by Gasteiger charge is -2.50. The zero-order valence-electron chi connectivity index (χ0n) is 17.3. The third-order valence-corrected chi connectivity index (χ3v) is 5.82. The number of aryl methyl sites for hydroxylation is 1. The second kappa shape index (κ2) is 8.96. The van der Waals surface area contributed by atoms with E-state index < -0.39 is 0 Å². The molecule has 1 heterocycles. The summed E-state index contributed by atoms with van der Waals surface area (Å²) in [5.74, 6) is 0.681. The summed E-state index contributed by atoms with van der Waals surface area (Å²) in [7, 11) is 0. The van der Waals surface area contributed by atoms with Gasteiger partial charge in [-0.3, -0.25) is 4.79 Å². The highest BCUT2D eigenvalue weighted by molar-refractivity contribution is 6.00. The molecule has 160 valence electrons. The molecule has 2 aliphatic rings. The highest BCUT2D eigenvalue weighted by Gasteiger charge is 2.39. The van der Waals surface area contributed by atoms with Crippen molar-refractivity contribution in [1.82, 2.24) is 9.80 Å². The molecule has 0 aromatic heterocycles. The fourth-order valence-electron chi connectivity index (χ4n) is 4.42. The molecule has 3 rings (SSSR count). The number of fused-ring (bicyclic) bond motifs is 1. The molecule has 10 nitrogen and oxygen atoms in total. The van der Waals surface area contributed by atoms with E-state index in [4.69, 9.17) is 16.1 Å². The van der Waals surface area contributed by atoms with Gasteiger partial charge in [0, 0.05) is 30.5 Å². The summed E-state index contributed by atoms with van der Waals surface area (Å²) in [6.07, 6.45) is 4.18. The van der Waals surface area contributed by atoms with Gasteiger partial charge in [0.2, 0.25) is 5.91 Å². The third kappa shape index (κ3) is 4.28. The standard InChI is InChI=1S/C20H27N7O3/c1-12-10-19(30-25-24-22)18(29)11-15(12)20(21)23-13(2)26-8-9-27(14(3)28)17-7-5-4-6-16(17)26/h10-11,16-17,29H,2,4-9H2,1,3H3,(H2,21,23). The van der Waals surface area contributed by atoms with Crippen LogP contribution in [0.25, 0.3) is 10.4 Å². The minimum Gasteiger partial charge on any atom is -0.504 e. The van der Waals surface area contributed by atoms with Gasteiger partial charge in [0.1, 0.15) is 16.9 Å². The van der Waals surface area contributed by atoms with Crippen LogP contribution in [0.15, 0.2) is 34.8 Å². The Morgan fingerprint density at radius 1 is 1.30 bits per heavy atom. The molecule has 1 aliphatic carbocycles. The number of benzene rings is 1. The van der Waals surface area contributed by atoms with E-state index in [2.05, 4.69) is 26.7 Å². The Bertz CT molecular complexity index is 923. The number of nitrogens with zero attached hydrogens (tertiary/aromatic N) is 6. The lowest BCUT2D eigenvalue weighted by Crippen LogP contribution is -2.61. The molecule has 10 heteroatoms. The molecule has 2 unspecified atom stereocenters.